The van der Waals surface area contributed by atoms with Gasteiger partial charge in [0.2, 0.25) is 5.91 Å². The van der Waals surface area contributed by atoms with E-state index in [-0.39, 0.29) is 11.9 Å². The Labute approximate surface area is 130 Å². The minimum atomic E-state index is -0.688. The first kappa shape index (κ1) is 14.6. The monoisotopic (exact) mass is 297 g/mol. The molecule has 1 amide bonds. The first-order valence-electron chi connectivity index (χ1n) is 7.23. The summed E-state index contributed by atoms with van der Waals surface area (Å²) >= 11 is 0. The number of rotatable bonds is 4. The third kappa shape index (κ3) is 2.35. The Bertz CT molecular complexity index is 654. The zero-order valence-electron chi connectivity index (χ0n) is 12.7. The Hall–Kier alpha value is -2.33. The maximum Gasteiger partial charge on any atom is 0.223 e. The lowest BCUT2D eigenvalue weighted by atomic mass is 9.83. The molecule has 4 heteroatoms. The third-order valence-corrected chi connectivity index (χ3v) is 4.27. The van der Waals surface area contributed by atoms with Crippen LogP contribution in [0.25, 0.3) is 0 Å². The van der Waals surface area contributed by atoms with Gasteiger partial charge in [0.15, 0.2) is 0 Å². The molecule has 1 heterocycles. The maximum atomic E-state index is 12.1. The fraction of sp³-hybridized carbons (Fsp3) is 0.278. The van der Waals surface area contributed by atoms with Gasteiger partial charge in [0, 0.05) is 7.11 Å². The molecule has 0 aliphatic carbocycles. The summed E-state index contributed by atoms with van der Waals surface area (Å²) in [6.07, 6.45) is 0.310. The minimum absolute atomic E-state index is 0.00785. The Morgan fingerprint density at radius 1 is 1.05 bits per heavy atom. The summed E-state index contributed by atoms with van der Waals surface area (Å²) in [5, 5.41) is 3.04. The van der Waals surface area contributed by atoms with Gasteiger partial charge in [0.1, 0.15) is 11.4 Å². The molecule has 114 valence electrons. The summed E-state index contributed by atoms with van der Waals surface area (Å²) in [6, 6.07) is 17.4. The molecule has 0 unspecified atom stereocenters. The number of methoxy groups -OCH3 is 2. The van der Waals surface area contributed by atoms with Crippen molar-refractivity contribution in [1.82, 2.24) is 5.32 Å². The normalized spacial score (nSPS) is 24.1. The van der Waals surface area contributed by atoms with Gasteiger partial charge in [0.25, 0.3) is 0 Å². The van der Waals surface area contributed by atoms with Gasteiger partial charge in [0.05, 0.1) is 19.6 Å². The summed E-state index contributed by atoms with van der Waals surface area (Å²) in [5.41, 5.74) is 1.31. The van der Waals surface area contributed by atoms with E-state index in [0.717, 1.165) is 16.9 Å². The van der Waals surface area contributed by atoms with Crippen molar-refractivity contribution in [3.05, 3.63) is 65.7 Å². The predicted molar refractivity (Wildman–Crippen MR) is 83.6 cm³/mol. The molecule has 1 saturated heterocycles. The van der Waals surface area contributed by atoms with E-state index in [1.165, 1.54) is 0 Å². The third-order valence-electron chi connectivity index (χ3n) is 4.27. The number of hydrogen-bond acceptors (Lipinski definition) is 3. The molecular weight excluding hydrogens is 278 g/mol. The van der Waals surface area contributed by atoms with E-state index in [1.54, 1.807) is 14.2 Å². The van der Waals surface area contributed by atoms with Crippen molar-refractivity contribution in [2.75, 3.05) is 14.2 Å². The van der Waals surface area contributed by atoms with E-state index in [1.807, 2.05) is 54.6 Å². The Balaban J connectivity index is 2.05. The molecule has 3 rings (SSSR count). The molecule has 2 aromatic rings. The van der Waals surface area contributed by atoms with Gasteiger partial charge in [-0.1, -0.05) is 42.5 Å². The Morgan fingerprint density at radius 3 is 2.32 bits per heavy atom. The van der Waals surface area contributed by atoms with Crippen molar-refractivity contribution in [2.24, 2.45) is 0 Å². The molecule has 0 spiro atoms. The average Bonchev–Trinajstić information content (AvgIpc) is 2.93. The topological polar surface area (TPSA) is 47.6 Å². The predicted octanol–water partition coefficient (Wildman–Crippen LogP) is 2.80. The lowest BCUT2D eigenvalue weighted by molar-refractivity contribution is -0.121. The minimum Gasteiger partial charge on any atom is -0.497 e. The van der Waals surface area contributed by atoms with Gasteiger partial charge in [-0.3, -0.25) is 4.79 Å². The molecule has 2 atom stereocenters. The van der Waals surface area contributed by atoms with Crippen LogP contribution in [0.5, 0.6) is 5.75 Å². The van der Waals surface area contributed by atoms with Crippen LogP contribution in [0, 0.1) is 0 Å². The van der Waals surface area contributed by atoms with E-state index in [0.29, 0.717) is 6.42 Å². The van der Waals surface area contributed by atoms with E-state index >= 15 is 0 Å². The molecule has 1 N–H and O–H groups in total. The van der Waals surface area contributed by atoms with Crippen LogP contribution in [0.1, 0.15) is 23.6 Å². The summed E-state index contributed by atoms with van der Waals surface area (Å²) in [7, 11) is 3.29. The highest BCUT2D eigenvalue weighted by atomic mass is 16.5. The summed E-state index contributed by atoms with van der Waals surface area (Å²) < 4.78 is 11.1. The van der Waals surface area contributed by atoms with E-state index < -0.39 is 5.60 Å². The van der Waals surface area contributed by atoms with Crippen LogP contribution in [0.3, 0.4) is 0 Å². The lowest BCUT2D eigenvalue weighted by Crippen LogP contribution is -2.35. The van der Waals surface area contributed by atoms with Gasteiger partial charge >= 0.3 is 0 Å². The van der Waals surface area contributed by atoms with Crippen LogP contribution >= 0.6 is 0 Å². The SMILES string of the molecule is COc1ccc([C@H]2NC(=O)C[C@]2(OC)c2ccccc2)cc1. The van der Waals surface area contributed by atoms with Crippen molar-refractivity contribution in [2.45, 2.75) is 18.1 Å². The van der Waals surface area contributed by atoms with Gasteiger partial charge in [-0.05, 0) is 23.3 Å². The number of carbonyl (C=O) groups is 1. The van der Waals surface area contributed by atoms with Crippen molar-refractivity contribution >= 4 is 5.91 Å². The molecule has 4 nitrogen and oxygen atoms in total. The molecule has 0 bridgehead atoms. The highest BCUT2D eigenvalue weighted by Crippen LogP contribution is 2.45. The number of nitrogens with one attached hydrogen (secondary N) is 1. The number of benzene rings is 2. The van der Waals surface area contributed by atoms with Crippen LogP contribution in [0.15, 0.2) is 54.6 Å². The highest BCUT2D eigenvalue weighted by Gasteiger charge is 2.49. The van der Waals surface area contributed by atoms with Gasteiger partial charge in [-0.25, -0.2) is 0 Å². The van der Waals surface area contributed by atoms with Gasteiger partial charge in [-0.2, -0.15) is 0 Å². The van der Waals surface area contributed by atoms with Crippen molar-refractivity contribution in [3.63, 3.8) is 0 Å². The molecule has 1 fully saturated rings. The maximum absolute atomic E-state index is 12.1. The second-order valence-electron chi connectivity index (χ2n) is 5.41. The fourth-order valence-corrected chi connectivity index (χ4v) is 3.11. The van der Waals surface area contributed by atoms with Gasteiger partial charge < -0.3 is 14.8 Å². The van der Waals surface area contributed by atoms with E-state index in [4.69, 9.17) is 9.47 Å². The van der Waals surface area contributed by atoms with Crippen molar-refractivity contribution < 1.29 is 14.3 Å². The smallest absolute Gasteiger partial charge is 0.223 e. The molecule has 0 saturated carbocycles. The molecule has 1 aliphatic heterocycles. The van der Waals surface area contributed by atoms with Crippen LogP contribution in [0.4, 0.5) is 0 Å². The van der Waals surface area contributed by atoms with Gasteiger partial charge in [-0.15, -0.1) is 0 Å². The summed E-state index contributed by atoms with van der Waals surface area (Å²) in [4.78, 5) is 12.1. The van der Waals surface area contributed by atoms with Crippen LogP contribution in [0.2, 0.25) is 0 Å². The zero-order valence-corrected chi connectivity index (χ0v) is 12.7. The Kier molecular flexibility index (Phi) is 3.86. The fourth-order valence-electron chi connectivity index (χ4n) is 3.11. The van der Waals surface area contributed by atoms with E-state index in [2.05, 4.69) is 5.32 Å². The average molecular weight is 297 g/mol. The van der Waals surface area contributed by atoms with E-state index in [9.17, 15) is 4.79 Å². The molecule has 0 aromatic heterocycles. The van der Waals surface area contributed by atoms with Crippen molar-refractivity contribution in [3.8, 4) is 5.75 Å². The molecule has 0 radical (unpaired) electrons. The first-order valence-corrected chi connectivity index (χ1v) is 7.23. The zero-order chi connectivity index (χ0) is 15.6. The summed E-state index contributed by atoms with van der Waals surface area (Å²) in [6.45, 7) is 0. The highest BCUT2D eigenvalue weighted by molar-refractivity contribution is 5.81. The number of amides is 1. The summed E-state index contributed by atoms with van der Waals surface area (Å²) in [5.74, 6) is 0.780. The standard InChI is InChI=1S/C18H19NO3/c1-21-15-10-8-13(9-11-15)17-18(22-2,12-16(20)19-17)14-6-4-3-5-7-14/h3-11,17H,12H2,1-2H3,(H,19,20)/t17-,18+/m1/s1. The quantitative estimate of drug-likeness (QED) is 0.944. The largest absolute Gasteiger partial charge is 0.497 e. The van der Waals surface area contributed by atoms with Crippen LogP contribution in [-0.2, 0) is 15.1 Å². The first-order chi connectivity index (χ1) is 10.7. The number of ether oxygens (including phenoxy) is 2. The second kappa shape index (κ2) is 5.81. The number of carbonyl (C=O) groups excluding carboxylic acids is 1. The van der Waals surface area contributed by atoms with Crippen LogP contribution < -0.4 is 10.1 Å². The number of hydrogen-bond donors (Lipinski definition) is 1. The molecular formula is C18H19NO3. The van der Waals surface area contributed by atoms with Crippen LogP contribution in [-0.4, -0.2) is 20.1 Å². The van der Waals surface area contributed by atoms with Crippen molar-refractivity contribution in [1.29, 1.82) is 0 Å². The molecule has 1 aliphatic rings. The molecule has 2 aromatic carbocycles. The Morgan fingerprint density at radius 2 is 1.73 bits per heavy atom. The second-order valence-corrected chi connectivity index (χ2v) is 5.41. The molecule has 22 heavy (non-hydrogen) atoms. The lowest BCUT2D eigenvalue weighted by Gasteiger charge is -2.33.